The highest BCUT2D eigenvalue weighted by Crippen LogP contribution is 1.98. The predicted molar refractivity (Wildman–Crippen MR) is 50.1 cm³/mol. The molecule has 0 bridgehead atoms. The Morgan fingerprint density at radius 1 is 1.57 bits per heavy atom. The van der Waals surface area contributed by atoms with E-state index in [4.69, 9.17) is 5.26 Å². The number of aromatic nitrogens is 1. The standard InChI is InChI=1S/C9H10N4O/c1-13(2)12-9(14)8-4-3-7(5-10)6-11-8/h3-4,6H,1-2H3,(H,12,14). The van der Waals surface area contributed by atoms with Gasteiger partial charge in [0.05, 0.1) is 5.56 Å². The number of hydrogen-bond acceptors (Lipinski definition) is 4. The lowest BCUT2D eigenvalue weighted by Gasteiger charge is -2.10. The molecule has 0 saturated heterocycles. The van der Waals surface area contributed by atoms with Crippen LogP contribution in [0.3, 0.4) is 0 Å². The second-order valence-corrected chi connectivity index (χ2v) is 2.88. The second-order valence-electron chi connectivity index (χ2n) is 2.88. The third-order valence-electron chi connectivity index (χ3n) is 1.45. The van der Waals surface area contributed by atoms with Gasteiger partial charge in [0.1, 0.15) is 11.8 Å². The Kier molecular flexibility index (Phi) is 3.15. The monoisotopic (exact) mass is 190 g/mol. The van der Waals surface area contributed by atoms with Gasteiger partial charge in [-0.15, -0.1) is 0 Å². The molecule has 1 amide bonds. The van der Waals surface area contributed by atoms with Crippen LogP contribution in [0.25, 0.3) is 0 Å². The van der Waals surface area contributed by atoms with E-state index >= 15 is 0 Å². The van der Waals surface area contributed by atoms with Crippen LogP contribution in [0, 0.1) is 11.3 Å². The van der Waals surface area contributed by atoms with E-state index in [1.165, 1.54) is 17.3 Å². The summed E-state index contributed by atoms with van der Waals surface area (Å²) in [6, 6.07) is 4.99. The first-order valence-electron chi connectivity index (χ1n) is 3.98. The fourth-order valence-electron chi connectivity index (χ4n) is 0.855. The number of nitrogens with zero attached hydrogens (tertiary/aromatic N) is 3. The van der Waals surface area contributed by atoms with E-state index in [9.17, 15) is 4.79 Å². The van der Waals surface area contributed by atoms with Gasteiger partial charge in [0.2, 0.25) is 0 Å². The minimum Gasteiger partial charge on any atom is -0.284 e. The molecule has 72 valence electrons. The zero-order valence-electron chi connectivity index (χ0n) is 7.98. The number of rotatable bonds is 2. The van der Waals surface area contributed by atoms with Crippen molar-refractivity contribution >= 4 is 5.91 Å². The van der Waals surface area contributed by atoms with E-state index < -0.39 is 0 Å². The van der Waals surface area contributed by atoms with E-state index in [0.29, 0.717) is 5.56 Å². The average molecular weight is 190 g/mol. The van der Waals surface area contributed by atoms with Crippen LogP contribution in [0.4, 0.5) is 0 Å². The lowest BCUT2D eigenvalue weighted by Crippen LogP contribution is -2.36. The van der Waals surface area contributed by atoms with E-state index in [1.807, 2.05) is 6.07 Å². The van der Waals surface area contributed by atoms with Crippen molar-refractivity contribution in [3.05, 3.63) is 29.6 Å². The molecule has 1 aromatic rings. The molecule has 0 atom stereocenters. The Hall–Kier alpha value is -1.93. The molecule has 0 spiro atoms. The summed E-state index contributed by atoms with van der Waals surface area (Å²) in [5.74, 6) is -0.292. The third kappa shape index (κ3) is 2.54. The van der Waals surface area contributed by atoms with Gasteiger partial charge in [-0.2, -0.15) is 5.26 Å². The highest BCUT2D eigenvalue weighted by molar-refractivity contribution is 5.91. The first-order valence-corrected chi connectivity index (χ1v) is 3.98. The fourth-order valence-corrected chi connectivity index (χ4v) is 0.855. The molecule has 14 heavy (non-hydrogen) atoms. The first kappa shape index (κ1) is 10.2. The van der Waals surface area contributed by atoms with Gasteiger partial charge in [-0.3, -0.25) is 10.2 Å². The third-order valence-corrected chi connectivity index (χ3v) is 1.45. The van der Waals surface area contributed by atoms with Crippen LogP contribution in [0.2, 0.25) is 0 Å². The van der Waals surface area contributed by atoms with Crippen molar-refractivity contribution in [2.24, 2.45) is 0 Å². The molecule has 5 nitrogen and oxygen atoms in total. The van der Waals surface area contributed by atoms with Crippen LogP contribution < -0.4 is 5.43 Å². The van der Waals surface area contributed by atoms with Crippen LogP contribution in [0.1, 0.15) is 16.1 Å². The number of pyridine rings is 1. The number of nitrogens with one attached hydrogen (secondary N) is 1. The number of carbonyl (C=O) groups is 1. The van der Waals surface area contributed by atoms with Crippen molar-refractivity contribution < 1.29 is 4.79 Å². The van der Waals surface area contributed by atoms with Gasteiger partial charge in [0, 0.05) is 20.3 Å². The number of hydrazine groups is 1. The van der Waals surface area contributed by atoms with Crippen molar-refractivity contribution in [2.45, 2.75) is 0 Å². The highest BCUT2D eigenvalue weighted by atomic mass is 16.2. The summed E-state index contributed by atoms with van der Waals surface area (Å²) in [6.07, 6.45) is 1.37. The fraction of sp³-hybridized carbons (Fsp3) is 0.222. The number of hydrogen-bond donors (Lipinski definition) is 1. The molecule has 0 fully saturated rings. The van der Waals surface area contributed by atoms with Gasteiger partial charge in [-0.25, -0.2) is 9.99 Å². The maximum Gasteiger partial charge on any atom is 0.284 e. The summed E-state index contributed by atoms with van der Waals surface area (Å²) >= 11 is 0. The molecular formula is C9H10N4O. The summed E-state index contributed by atoms with van der Waals surface area (Å²) in [6.45, 7) is 0. The molecule has 1 aromatic heterocycles. The molecule has 0 saturated carbocycles. The van der Waals surface area contributed by atoms with Crippen LogP contribution >= 0.6 is 0 Å². The predicted octanol–water partition coefficient (Wildman–Crippen LogP) is 0.160. The molecule has 1 heterocycles. The van der Waals surface area contributed by atoms with Gasteiger partial charge >= 0.3 is 0 Å². The van der Waals surface area contributed by atoms with Crippen molar-refractivity contribution in [1.29, 1.82) is 5.26 Å². The quantitative estimate of drug-likeness (QED) is 0.674. The number of carbonyl (C=O) groups excluding carboxylic acids is 1. The average Bonchev–Trinajstić information content (AvgIpc) is 2.17. The van der Waals surface area contributed by atoms with Crippen molar-refractivity contribution in [3.8, 4) is 6.07 Å². The normalized spacial score (nSPS) is 9.57. The van der Waals surface area contributed by atoms with Gasteiger partial charge in [0.25, 0.3) is 5.91 Å². The Labute approximate surface area is 81.9 Å². The second kappa shape index (κ2) is 4.35. The van der Waals surface area contributed by atoms with E-state index in [1.54, 1.807) is 20.2 Å². The van der Waals surface area contributed by atoms with Gasteiger partial charge < -0.3 is 0 Å². The molecule has 0 unspecified atom stereocenters. The van der Waals surface area contributed by atoms with Gasteiger partial charge in [-0.1, -0.05) is 0 Å². The molecule has 0 aliphatic heterocycles. The van der Waals surface area contributed by atoms with E-state index in [2.05, 4.69) is 10.4 Å². The summed E-state index contributed by atoms with van der Waals surface area (Å²) in [5.41, 5.74) is 3.27. The highest BCUT2D eigenvalue weighted by Gasteiger charge is 2.06. The molecule has 1 rings (SSSR count). The molecule has 0 radical (unpaired) electrons. The Balaban J connectivity index is 2.78. The van der Waals surface area contributed by atoms with E-state index in [0.717, 1.165) is 0 Å². The number of nitriles is 1. The SMILES string of the molecule is CN(C)NC(=O)c1ccc(C#N)cn1. The van der Waals surface area contributed by atoms with E-state index in [-0.39, 0.29) is 11.6 Å². The summed E-state index contributed by atoms with van der Waals surface area (Å²) in [4.78, 5) is 15.2. The molecule has 5 heteroatoms. The van der Waals surface area contributed by atoms with Crippen LogP contribution in [0.5, 0.6) is 0 Å². The minimum absolute atomic E-state index is 0.290. The summed E-state index contributed by atoms with van der Waals surface area (Å²) in [7, 11) is 3.42. The summed E-state index contributed by atoms with van der Waals surface area (Å²) in [5, 5.41) is 10.0. The minimum atomic E-state index is -0.292. The Morgan fingerprint density at radius 2 is 2.29 bits per heavy atom. The largest absolute Gasteiger partial charge is 0.284 e. The molecular weight excluding hydrogens is 180 g/mol. The van der Waals surface area contributed by atoms with Gasteiger partial charge in [-0.05, 0) is 12.1 Å². The van der Waals surface area contributed by atoms with Crippen LogP contribution in [0.15, 0.2) is 18.3 Å². The zero-order chi connectivity index (χ0) is 10.6. The topological polar surface area (TPSA) is 69.0 Å². The van der Waals surface area contributed by atoms with Crippen LogP contribution in [-0.4, -0.2) is 30.0 Å². The summed E-state index contributed by atoms with van der Waals surface area (Å²) < 4.78 is 0. The van der Waals surface area contributed by atoms with Crippen molar-refractivity contribution in [2.75, 3.05) is 14.1 Å². The zero-order valence-corrected chi connectivity index (χ0v) is 7.98. The lowest BCUT2D eigenvalue weighted by molar-refractivity contribution is 0.0851. The maximum atomic E-state index is 11.4. The first-order chi connectivity index (χ1) is 6.63. The Morgan fingerprint density at radius 3 is 2.71 bits per heavy atom. The van der Waals surface area contributed by atoms with Gasteiger partial charge in [0.15, 0.2) is 0 Å². The lowest BCUT2D eigenvalue weighted by atomic mass is 10.2. The molecule has 0 aliphatic rings. The molecule has 0 aliphatic carbocycles. The number of amides is 1. The van der Waals surface area contributed by atoms with Crippen molar-refractivity contribution in [3.63, 3.8) is 0 Å². The Bertz CT molecular complexity index is 363. The maximum absolute atomic E-state index is 11.4. The molecule has 1 N–H and O–H groups in total. The van der Waals surface area contributed by atoms with Crippen molar-refractivity contribution in [1.82, 2.24) is 15.4 Å². The van der Waals surface area contributed by atoms with Crippen LogP contribution in [-0.2, 0) is 0 Å². The smallest absolute Gasteiger partial charge is 0.284 e. The molecule has 0 aromatic carbocycles.